The number of carboxylic acids is 1. The van der Waals surface area contributed by atoms with Gasteiger partial charge in [0, 0.05) is 24.5 Å². The normalized spacial score (nSPS) is 14.4. The van der Waals surface area contributed by atoms with Crippen molar-refractivity contribution in [2.24, 2.45) is 0 Å². The summed E-state index contributed by atoms with van der Waals surface area (Å²) in [4.78, 5) is 18.7. The third kappa shape index (κ3) is 3.56. The molecule has 2 unspecified atom stereocenters. The molecule has 0 radical (unpaired) electrons. The molecule has 0 fully saturated rings. The molecule has 1 aromatic rings. The summed E-state index contributed by atoms with van der Waals surface area (Å²) in [5.41, 5.74) is 0.775. The first kappa shape index (κ1) is 12.5. The molecule has 0 aliphatic heterocycles. The van der Waals surface area contributed by atoms with Crippen LogP contribution < -0.4 is 5.32 Å². The molecule has 0 saturated heterocycles. The first-order valence-electron chi connectivity index (χ1n) is 4.92. The average Bonchev–Trinajstić information content (AvgIpc) is 2.20. The Bertz CT molecular complexity index is 351. The van der Waals surface area contributed by atoms with Crippen molar-refractivity contribution in [3.05, 3.63) is 23.8 Å². The van der Waals surface area contributed by atoms with Crippen LogP contribution in [0.1, 0.15) is 18.3 Å². The molecule has 16 heavy (non-hydrogen) atoms. The van der Waals surface area contributed by atoms with Gasteiger partial charge in [0.1, 0.15) is 11.9 Å². The Morgan fingerprint density at radius 3 is 2.50 bits per heavy atom. The molecule has 2 atom stereocenters. The lowest BCUT2D eigenvalue weighted by Crippen LogP contribution is -2.44. The average molecular weight is 225 g/mol. The van der Waals surface area contributed by atoms with Crippen molar-refractivity contribution in [1.29, 1.82) is 0 Å². The van der Waals surface area contributed by atoms with Crippen LogP contribution in [-0.2, 0) is 11.3 Å². The fraction of sp³-hybridized carbons (Fsp3) is 0.500. The van der Waals surface area contributed by atoms with Crippen LogP contribution >= 0.6 is 0 Å². The van der Waals surface area contributed by atoms with E-state index in [2.05, 4.69) is 15.3 Å². The van der Waals surface area contributed by atoms with Gasteiger partial charge in [0.2, 0.25) is 0 Å². The molecular weight excluding hydrogens is 210 g/mol. The van der Waals surface area contributed by atoms with Crippen LogP contribution in [0.2, 0.25) is 0 Å². The van der Waals surface area contributed by atoms with Gasteiger partial charge in [-0.25, -0.2) is 9.97 Å². The number of carbonyl (C=O) groups is 1. The zero-order valence-electron chi connectivity index (χ0n) is 9.21. The Hall–Kier alpha value is -1.53. The van der Waals surface area contributed by atoms with Crippen LogP contribution in [0.15, 0.2) is 12.4 Å². The number of nitrogens with one attached hydrogen (secondary N) is 1. The first-order valence-corrected chi connectivity index (χ1v) is 4.92. The second-order valence-electron chi connectivity index (χ2n) is 3.58. The molecule has 0 saturated carbocycles. The minimum atomic E-state index is -1.08. The molecule has 0 aliphatic carbocycles. The summed E-state index contributed by atoms with van der Waals surface area (Å²) in [6.07, 6.45) is 2.29. The number of carboxylic acid groups (broad SMARTS) is 1. The number of rotatable bonds is 5. The van der Waals surface area contributed by atoms with Gasteiger partial charge in [-0.3, -0.25) is 10.1 Å². The number of hydrogen-bond donors (Lipinski definition) is 3. The highest BCUT2D eigenvalue weighted by Crippen LogP contribution is 1.98. The molecule has 0 aromatic carbocycles. The van der Waals surface area contributed by atoms with E-state index in [0.717, 1.165) is 5.56 Å². The van der Waals surface area contributed by atoms with Crippen LogP contribution in [0, 0.1) is 6.92 Å². The lowest BCUT2D eigenvalue weighted by atomic mass is 10.2. The number of aryl methyl sites for hydroxylation is 1. The van der Waals surface area contributed by atoms with Crippen LogP contribution in [0.25, 0.3) is 0 Å². The summed E-state index contributed by atoms with van der Waals surface area (Å²) in [6.45, 7) is 3.51. The standard InChI is InChI=1S/C10H15N3O3/c1-6(14)9(10(15)16)13-5-8-3-11-7(2)12-4-8/h3-4,6,9,13-14H,5H2,1-2H3,(H,15,16). The molecular formula is C10H15N3O3. The summed E-state index contributed by atoms with van der Waals surface area (Å²) in [6, 6.07) is -0.985. The molecule has 0 bridgehead atoms. The van der Waals surface area contributed by atoms with Crippen LogP contribution in [0.4, 0.5) is 0 Å². The lowest BCUT2D eigenvalue weighted by Gasteiger charge is -2.16. The maximum absolute atomic E-state index is 10.8. The Labute approximate surface area is 93.4 Å². The third-order valence-corrected chi connectivity index (χ3v) is 2.11. The monoisotopic (exact) mass is 225 g/mol. The van der Waals surface area contributed by atoms with E-state index in [-0.39, 0.29) is 0 Å². The van der Waals surface area contributed by atoms with Gasteiger partial charge in [0.25, 0.3) is 0 Å². The highest BCUT2D eigenvalue weighted by molar-refractivity contribution is 5.74. The van der Waals surface area contributed by atoms with Crippen molar-refractivity contribution in [3.8, 4) is 0 Å². The van der Waals surface area contributed by atoms with Gasteiger partial charge >= 0.3 is 5.97 Å². The number of aliphatic hydroxyl groups excluding tert-OH is 1. The highest BCUT2D eigenvalue weighted by Gasteiger charge is 2.21. The van der Waals surface area contributed by atoms with Gasteiger partial charge in [-0.2, -0.15) is 0 Å². The molecule has 0 spiro atoms. The molecule has 0 amide bonds. The van der Waals surface area contributed by atoms with Gasteiger partial charge in [0.05, 0.1) is 6.10 Å². The predicted molar refractivity (Wildman–Crippen MR) is 56.7 cm³/mol. The van der Waals surface area contributed by atoms with Crippen molar-refractivity contribution >= 4 is 5.97 Å². The number of aliphatic carboxylic acids is 1. The predicted octanol–water partition coefficient (Wildman–Crippen LogP) is -0.291. The second kappa shape index (κ2) is 5.53. The minimum absolute atomic E-state index is 0.308. The quantitative estimate of drug-likeness (QED) is 0.637. The van der Waals surface area contributed by atoms with Crippen LogP contribution in [0.3, 0.4) is 0 Å². The van der Waals surface area contributed by atoms with Crippen molar-refractivity contribution in [1.82, 2.24) is 15.3 Å². The minimum Gasteiger partial charge on any atom is -0.480 e. The van der Waals surface area contributed by atoms with E-state index >= 15 is 0 Å². The van der Waals surface area contributed by atoms with Gasteiger partial charge in [-0.05, 0) is 13.8 Å². The Balaban J connectivity index is 2.55. The van der Waals surface area contributed by atoms with E-state index in [4.69, 9.17) is 5.11 Å². The zero-order chi connectivity index (χ0) is 12.1. The van der Waals surface area contributed by atoms with E-state index in [1.54, 1.807) is 19.3 Å². The molecule has 1 aromatic heterocycles. The van der Waals surface area contributed by atoms with Crippen molar-refractivity contribution in [3.63, 3.8) is 0 Å². The Morgan fingerprint density at radius 1 is 1.50 bits per heavy atom. The molecule has 0 aliphatic rings. The number of aliphatic hydroxyl groups is 1. The SMILES string of the molecule is Cc1ncc(CNC(C(=O)O)C(C)O)cn1. The molecule has 6 heteroatoms. The van der Waals surface area contributed by atoms with Crippen molar-refractivity contribution < 1.29 is 15.0 Å². The smallest absolute Gasteiger partial charge is 0.323 e. The number of nitrogens with zero attached hydrogens (tertiary/aromatic N) is 2. The fourth-order valence-corrected chi connectivity index (χ4v) is 1.20. The molecule has 6 nitrogen and oxygen atoms in total. The van der Waals surface area contributed by atoms with Crippen molar-refractivity contribution in [2.75, 3.05) is 0 Å². The van der Waals surface area contributed by atoms with E-state index in [1.165, 1.54) is 6.92 Å². The van der Waals surface area contributed by atoms with E-state index in [9.17, 15) is 9.90 Å². The number of hydrogen-bond acceptors (Lipinski definition) is 5. The molecule has 1 heterocycles. The van der Waals surface area contributed by atoms with Gasteiger partial charge < -0.3 is 10.2 Å². The van der Waals surface area contributed by atoms with Crippen LogP contribution in [-0.4, -0.2) is 38.3 Å². The second-order valence-corrected chi connectivity index (χ2v) is 3.58. The third-order valence-electron chi connectivity index (χ3n) is 2.11. The Morgan fingerprint density at radius 2 is 2.06 bits per heavy atom. The summed E-state index contributed by atoms with van der Waals surface area (Å²) < 4.78 is 0. The van der Waals surface area contributed by atoms with Gasteiger partial charge in [0.15, 0.2) is 0 Å². The molecule has 3 N–H and O–H groups in total. The summed E-state index contributed by atoms with van der Waals surface area (Å²) in [5, 5.41) is 20.8. The summed E-state index contributed by atoms with van der Waals surface area (Å²) in [7, 11) is 0. The maximum Gasteiger partial charge on any atom is 0.323 e. The first-order chi connectivity index (χ1) is 7.50. The number of aromatic nitrogens is 2. The largest absolute Gasteiger partial charge is 0.480 e. The van der Waals surface area contributed by atoms with Crippen LogP contribution in [0.5, 0.6) is 0 Å². The van der Waals surface area contributed by atoms with Crippen molar-refractivity contribution in [2.45, 2.75) is 32.5 Å². The summed E-state index contributed by atoms with van der Waals surface area (Å²) >= 11 is 0. The maximum atomic E-state index is 10.8. The molecule has 1 rings (SSSR count). The van der Waals surface area contributed by atoms with E-state index in [1.807, 2.05) is 0 Å². The zero-order valence-corrected chi connectivity index (χ0v) is 9.21. The van der Waals surface area contributed by atoms with Gasteiger partial charge in [-0.1, -0.05) is 0 Å². The lowest BCUT2D eigenvalue weighted by molar-refractivity contribution is -0.142. The van der Waals surface area contributed by atoms with E-state index in [0.29, 0.717) is 12.4 Å². The Kier molecular flexibility index (Phi) is 4.33. The fourth-order valence-electron chi connectivity index (χ4n) is 1.20. The highest BCUT2D eigenvalue weighted by atomic mass is 16.4. The summed E-state index contributed by atoms with van der Waals surface area (Å²) in [5.74, 6) is -0.419. The van der Waals surface area contributed by atoms with Gasteiger partial charge in [-0.15, -0.1) is 0 Å². The topological polar surface area (TPSA) is 95.3 Å². The van der Waals surface area contributed by atoms with E-state index < -0.39 is 18.1 Å². The molecule has 88 valence electrons.